The third-order valence-electron chi connectivity index (χ3n) is 3.76. The fraction of sp³-hybridized carbons (Fsp3) is 0.353. The zero-order valence-electron chi connectivity index (χ0n) is 12.4. The zero-order chi connectivity index (χ0) is 15.6. The van der Waals surface area contributed by atoms with Crippen LogP contribution in [0.15, 0.2) is 36.4 Å². The number of aliphatic hydroxyl groups excluding tert-OH is 1. The lowest BCUT2D eigenvalue weighted by atomic mass is 9.86. The van der Waals surface area contributed by atoms with E-state index in [1.165, 1.54) is 0 Å². The highest BCUT2D eigenvalue weighted by molar-refractivity contribution is 5.84. The summed E-state index contributed by atoms with van der Waals surface area (Å²) in [4.78, 5) is 11.3. The number of rotatable bonds is 5. The maximum Gasteiger partial charge on any atom is 0.309 e. The Kier molecular flexibility index (Phi) is 4.48. The molecule has 2 rings (SSSR count). The normalized spacial score (nSPS) is 14.1. The Bertz CT molecular complexity index is 648. The second-order valence-corrected chi connectivity index (χ2v) is 5.53. The van der Waals surface area contributed by atoms with Crippen molar-refractivity contribution in [3.05, 3.63) is 42.0 Å². The molecule has 0 aromatic heterocycles. The highest BCUT2D eigenvalue weighted by atomic mass is 16.5. The van der Waals surface area contributed by atoms with E-state index in [4.69, 9.17) is 4.74 Å². The van der Waals surface area contributed by atoms with Gasteiger partial charge in [0.25, 0.3) is 0 Å². The second kappa shape index (κ2) is 6.14. The average molecular weight is 288 g/mol. The van der Waals surface area contributed by atoms with Gasteiger partial charge in [-0.25, -0.2) is 0 Å². The van der Waals surface area contributed by atoms with Crippen molar-refractivity contribution in [2.45, 2.75) is 20.0 Å². The van der Waals surface area contributed by atoms with Crippen molar-refractivity contribution >= 4 is 16.7 Å². The highest BCUT2D eigenvalue weighted by Gasteiger charge is 2.30. The molecule has 112 valence electrons. The molecule has 0 aliphatic rings. The van der Waals surface area contributed by atoms with E-state index < -0.39 is 18.0 Å². The lowest BCUT2D eigenvalue weighted by Gasteiger charge is -2.23. The fourth-order valence-electron chi connectivity index (χ4n) is 2.55. The monoisotopic (exact) mass is 288 g/mol. The first kappa shape index (κ1) is 15.3. The minimum atomic E-state index is -1.02. The van der Waals surface area contributed by atoms with Gasteiger partial charge in [-0.3, -0.25) is 4.79 Å². The molecule has 4 heteroatoms. The number of carboxylic acid groups (broad SMARTS) is 1. The van der Waals surface area contributed by atoms with Crippen LogP contribution < -0.4 is 4.74 Å². The molecule has 0 aliphatic heterocycles. The molecule has 2 atom stereocenters. The lowest BCUT2D eigenvalue weighted by molar-refractivity contribution is -0.148. The Balaban J connectivity index is 2.40. The summed E-state index contributed by atoms with van der Waals surface area (Å²) in [5.74, 6) is -1.18. The smallest absolute Gasteiger partial charge is 0.309 e. The summed E-state index contributed by atoms with van der Waals surface area (Å²) in [6, 6.07) is 11.1. The molecule has 0 bridgehead atoms. The molecule has 0 aliphatic carbocycles. The van der Waals surface area contributed by atoms with Crippen LogP contribution >= 0.6 is 0 Å². The number of methoxy groups -OCH3 is 1. The van der Waals surface area contributed by atoms with Gasteiger partial charge in [-0.2, -0.15) is 0 Å². The van der Waals surface area contributed by atoms with Gasteiger partial charge in [0, 0.05) is 0 Å². The Morgan fingerprint density at radius 1 is 1.10 bits per heavy atom. The van der Waals surface area contributed by atoms with E-state index >= 15 is 0 Å². The molecule has 0 amide bonds. The number of hydrogen-bond acceptors (Lipinski definition) is 3. The molecule has 2 aromatic rings. The molecule has 0 spiro atoms. The number of carbonyl (C=O) groups is 1. The third kappa shape index (κ3) is 3.16. The van der Waals surface area contributed by atoms with E-state index in [0.717, 1.165) is 16.5 Å². The van der Waals surface area contributed by atoms with Gasteiger partial charge < -0.3 is 14.9 Å². The maximum absolute atomic E-state index is 11.3. The van der Waals surface area contributed by atoms with E-state index in [-0.39, 0.29) is 5.92 Å². The Labute approximate surface area is 124 Å². The van der Waals surface area contributed by atoms with Gasteiger partial charge in [-0.1, -0.05) is 32.0 Å². The van der Waals surface area contributed by atoms with Crippen LogP contribution in [0.25, 0.3) is 10.8 Å². The predicted molar refractivity (Wildman–Crippen MR) is 81.4 cm³/mol. The molecule has 2 unspecified atom stereocenters. The summed E-state index contributed by atoms with van der Waals surface area (Å²) in [5, 5.41) is 21.6. The van der Waals surface area contributed by atoms with Crippen LogP contribution in [0.4, 0.5) is 0 Å². The van der Waals surface area contributed by atoms with Crippen LogP contribution in [-0.4, -0.2) is 23.3 Å². The van der Waals surface area contributed by atoms with Gasteiger partial charge in [-0.05, 0) is 40.5 Å². The molecular formula is C17H20O4. The van der Waals surface area contributed by atoms with Crippen molar-refractivity contribution in [1.29, 1.82) is 0 Å². The fourth-order valence-corrected chi connectivity index (χ4v) is 2.55. The van der Waals surface area contributed by atoms with Gasteiger partial charge in [0.1, 0.15) is 5.75 Å². The quantitative estimate of drug-likeness (QED) is 0.886. The standard InChI is InChI=1S/C17H20O4/c1-10(2)15(17(19)20)16(18)13-5-4-12-9-14(21-3)7-6-11(12)8-13/h4-10,15-16,18H,1-3H3,(H,19,20). The van der Waals surface area contributed by atoms with Gasteiger partial charge in [0.2, 0.25) is 0 Å². The summed E-state index contributed by atoms with van der Waals surface area (Å²) >= 11 is 0. The molecule has 21 heavy (non-hydrogen) atoms. The number of benzene rings is 2. The van der Waals surface area contributed by atoms with E-state index in [9.17, 15) is 15.0 Å². The van der Waals surface area contributed by atoms with E-state index in [1.54, 1.807) is 27.0 Å². The largest absolute Gasteiger partial charge is 0.497 e. The van der Waals surface area contributed by atoms with E-state index in [2.05, 4.69) is 0 Å². The van der Waals surface area contributed by atoms with Crippen molar-refractivity contribution in [3.63, 3.8) is 0 Å². The van der Waals surface area contributed by atoms with Crippen LogP contribution in [0, 0.1) is 11.8 Å². The van der Waals surface area contributed by atoms with Crippen LogP contribution in [0.3, 0.4) is 0 Å². The number of fused-ring (bicyclic) bond motifs is 1. The summed E-state index contributed by atoms with van der Waals surface area (Å²) in [5.41, 5.74) is 0.619. The Hall–Kier alpha value is -2.07. The molecule has 0 saturated carbocycles. The van der Waals surface area contributed by atoms with Crippen molar-refractivity contribution in [3.8, 4) is 5.75 Å². The predicted octanol–water partition coefficient (Wildman–Crippen LogP) is 3.24. The van der Waals surface area contributed by atoms with Crippen LogP contribution in [0.5, 0.6) is 5.75 Å². The first-order valence-electron chi connectivity index (χ1n) is 6.92. The zero-order valence-corrected chi connectivity index (χ0v) is 12.4. The second-order valence-electron chi connectivity index (χ2n) is 5.53. The number of carboxylic acids is 1. The first-order chi connectivity index (χ1) is 9.93. The molecule has 0 saturated heterocycles. The molecule has 2 N–H and O–H groups in total. The maximum atomic E-state index is 11.3. The molecular weight excluding hydrogens is 268 g/mol. The van der Waals surface area contributed by atoms with Crippen LogP contribution in [0.1, 0.15) is 25.5 Å². The highest BCUT2D eigenvalue weighted by Crippen LogP contribution is 2.31. The minimum Gasteiger partial charge on any atom is -0.497 e. The summed E-state index contributed by atoms with van der Waals surface area (Å²) in [7, 11) is 1.61. The third-order valence-corrected chi connectivity index (χ3v) is 3.76. The van der Waals surface area contributed by atoms with E-state index in [1.807, 2.05) is 30.3 Å². The van der Waals surface area contributed by atoms with Crippen molar-refractivity contribution in [1.82, 2.24) is 0 Å². The van der Waals surface area contributed by atoms with Crippen molar-refractivity contribution in [2.24, 2.45) is 11.8 Å². The topological polar surface area (TPSA) is 66.8 Å². The summed E-state index contributed by atoms with van der Waals surface area (Å²) in [6.45, 7) is 3.60. The van der Waals surface area contributed by atoms with Gasteiger partial charge in [-0.15, -0.1) is 0 Å². The first-order valence-corrected chi connectivity index (χ1v) is 6.92. The lowest BCUT2D eigenvalue weighted by Crippen LogP contribution is -2.26. The Morgan fingerprint density at radius 2 is 1.71 bits per heavy atom. The van der Waals surface area contributed by atoms with Crippen molar-refractivity contribution in [2.75, 3.05) is 7.11 Å². The number of aliphatic carboxylic acids is 1. The van der Waals surface area contributed by atoms with Crippen molar-refractivity contribution < 1.29 is 19.7 Å². The molecule has 0 fully saturated rings. The molecule has 0 radical (unpaired) electrons. The van der Waals surface area contributed by atoms with Crippen LogP contribution in [-0.2, 0) is 4.79 Å². The number of ether oxygens (including phenoxy) is 1. The van der Waals surface area contributed by atoms with Gasteiger partial charge >= 0.3 is 5.97 Å². The SMILES string of the molecule is COc1ccc2cc(C(O)C(C(=O)O)C(C)C)ccc2c1. The molecule has 0 heterocycles. The molecule has 4 nitrogen and oxygen atoms in total. The number of hydrogen-bond donors (Lipinski definition) is 2. The molecule has 2 aromatic carbocycles. The van der Waals surface area contributed by atoms with E-state index in [0.29, 0.717) is 5.56 Å². The number of aliphatic hydroxyl groups is 1. The minimum absolute atomic E-state index is 0.149. The van der Waals surface area contributed by atoms with Crippen LogP contribution in [0.2, 0.25) is 0 Å². The Morgan fingerprint density at radius 3 is 2.29 bits per heavy atom. The van der Waals surface area contributed by atoms with Gasteiger partial charge in [0.15, 0.2) is 0 Å². The summed E-state index contributed by atoms with van der Waals surface area (Å²) < 4.78 is 5.17. The van der Waals surface area contributed by atoms with Gasteiger partial charge in [0.05, 0.1) is 19.1 Å². The average Bonchev–Trinajstić information content (AvgIpc) is 2.45. The summed E-state index contributed by atoms with van der Waals surface area (Å²) in [6.07, 6.45) is -1.02.